The van der Waals surface area contributed by atoms with Crippen molar-refractivity contribution in [2.45, 2.75) is 19.4 Å². The molecule has 2 aromatic heterocycles. The van der Waals surface area contributed by atoms with E-state index < -0.39 is 0 Å². The first kappa shape index (κ1) is 23.4. The Kier molecular flexibility index (Phi) is 8.18. The van der Waals surface area contributed by atoms with E-state index in [1.807, 2.05) is 77.7 Å². The van der Waals surface area contributed by atoms with Crippen LogP contribution in [-0.4, -0.2) is 40.4 Å². The second-order valence-corrected chi connectivity index (χ2v) is 8.51. The highest BCUT2D eigenvalue weighted by molar-refractivity contribution is 7.09. The van der Waals surface area contributed by atoms with Crippen LogP contribution in [0.1, 0.15) is 22.6 Å². The largest absolute Gasteiger partial charge is 0.497 e. The third-order valence-electron chi connectivity index (χ3n) is 5.20. The fourth-order valence-corrected chi connectivity index (χ4v) is 4.19. The Hall–Kier alpha value is -3.78. The Bertz CT molecular complexity index is 1180. The first-order chi connectivity index (χ1) is 16.7. The lowest BCUT2D eigenvalue weighted by atomic mass is 10.1. The average molecular weight is 474 g/mol. The van der Waals surface area contributed by atoms with Gasteiger partial charge in [-0.3, -0.25) is 9.78 Å². The lowest BCUT2D eigenvalue weighted by Crippen LogP contribution is -2.37. The molecule has 8 heteroatoms. The summed E-state index contributed by atoms with van der Waals surface area (Å²) in [5, 5.41) is 3.72. The molecule has 0 fully saturated rings. The number of nitrogens with zero attached hydrogens (tertiary/aromatic N) is 4. The fraction of sp³-hybridized carbons (Fsp3) is 0.231. The van der Waals surface area contributed by atoms with Gasteiger partial charge in [0.25, 0.3) is 0 Å². The molecule has 1 N–H and O–H groups in total. The number of benzene rings is 2. The number of rotatable bonds is 11. The Morgan fingerprint density at radius 3 is 2.65 bits per heavy atom. The molecule has 34 heavy (non-hydrogen) atoms. The second-order valence-electron chi connectivity index (χ2n) is 7.78. The lowest BCUT2D eigenvalue weighted by Gasteiger charge is -2.21. The van der Waals surface area contributed by atoms with Crippen LogP contribution < -0.4 is 15.0 Å². The van der Waals surface area contributed by atoms with Gasteiger partial charge >= 0.3 is 0 Å². The van der Waals surface area contributed by atoms with Gasteiger partial charge in [-0.05, 0) is 35.4 Å². The maximum atomic E-state index is 12.7. The highest BCUT2D eigenvalue weighted by atomic mass is 32.1. The van der Waals surface area contributed by atoms with Gasteiger partial charge < -0.3 is 15.0 Å². The Morgan fingerprint density at radius 2 is 1.85 bits per heavy atom. The molecule has 4 rings (SSSR count). The van der Waals surface area contributed by atoms with Gasteiger partial charge in [0.15, 0.2) is 0 Å². The Labute approximate surface area is 203 Å². The molecule has 0 aliphatic rings. The van der Waals surface area contributed by atoms with Gasteiger partial charge in [-0.25, -0.2) is 4.98 Å². The number of aromatic nitrogens is 3. The second kappa shape index (κ2) is 11.9. The van der Waals surface area contributed by atoms with Gasteiger partial charge in [-0.2, -0.15) is 4.37 Å². The summed E-state index contributed by atoms with van der Waals surface area (Å²) >= 11 is 1.31. The van der Waals surface area contributed by atoms with Gasteiger partial charge in [-0.1, -0.05) is 48.5 Å². The number of methoxy groups -OCH3 is 1. The molecule has 2 heterocycles. The molecule has 0 saturated heterocycles. The van der Waals surface area contributed by atoms with E-state index in [2.05, 4.69) is 14.7 Å². The van der Waals surface area contributed by atoms with E-state index >= 15 is 0 Å². The number of ether oxygens (including phenoxy) is 1. The summed E-state index contributed by atoms with van der Waals surface area (Å²) in [6, 6.07) is 23.7. The molecule has 2 aromatic carbocycles. The third kappa shape index (κ3) is 6.86. The number of carbonyl (C=O) groups excluding carboxylic acids is 1. The summed E-state index contributed by atoms with van der Waals surface area (Å²) in [7, 11) is 1.65. The molecule has 7 nitrogen and oxygen atoms in total. The quantitative estimate of drug-likeness (QED) is 0.356. The van der Waals surface area contributed by atoms with Crippen molar-refractivity contribution in [1.82, 2.24) is 19.7 Å². The normalized spacial score (nSPS) is 10.6. The molecule has 4 aromatic rings. The van der Waals surface area contributed by atoms with E-state index in [0.29, 0.717) is 25.9 Å². The summed E-state index contributed by atoms with van der Waals surface area (Å²) in [4.78, 5) is 23.8. The van der Waals surface area contributed by atoms with Crippen LogP contribution >= 0.6 is 11.5 Å². The smallest absolute Gasteiger partial charge is 0.239 e. The average Bonchev–Trinajstić information content (AvgIpc) is 3.33. The van der Waals surface area contributed by atoms with Crippen molar-refractivity contribution in [1.29, 1.82) is 0 Å². The van der Waals surface area contributed by atoms with Crippen molar-refractivity contribution in [2.24, 2.45) is 0 Å². The minimum Gasteiger partial charge on any atom is -0.497 e. The number of hydrogen-bond donors (Lipinski definition) is 1. The molecule has 0 bridgehead atoms. The van der Waals surface area contributed by atoms with E-state index in [1.54, 1.807) is 13.3 Å². The van der Waals surface area contributed by atoms with Crippen molar-refractivity contribution >= 4 is 22.6 Å². The first-order valence-electron chi connectivity index (χ1n) is 11.1. The van der Waals surface area contributed by atoms with Crippen LogP contribution in [0.4, 0.5) is 5.13 Å². The van der Waals surface area contributed by atoms with E-state index in [4.69, 9.17) is 9.72 Å². The molecule has 0 unspecified atom stereocenters. The molecule has 0 spiro atoms. The molecule has 174 valence electrons. The van der Waals surface area contributed by atoms with Crippen LogP contribution in [0.2, 0.25) is 0 Å². The minimum atomic E-state index is -0.0589. The zero-order valence-electron chi connectivity index (χ0n) is 19.1. The summed E-state index contributed by atoms with van der Waals surface area (Å²) in [5.41, 5.74) is 3.13. The van der Waals surface area contributed by atoms with Gasteiger partial charge in [0.2, 0.25) is 11.0 Å². The first-order valence-corrected chi connectivity index (χ1v) is 11.9. The summed E-state index contributed by atoms with van der Waals surface area (Å²) in [6.07, 6.45) is 3.05. The van der Waals surface area contributed by atoms with E-state index in [0.717, 1.165) is 33.5 Å². The number of carbonyl (C=O) groups is 1. The Morgan fingerprint density at radius 1 is 1.03 bits per heavy atom. The molecule has 0 saturated carbocycles. The Balaban J connectivity index is 1.42. The topological polar surface area (TPSA) is 80.2 Å². The lowest BCUT2D eigenvalue weighted by molar-refractivity contribution is -0.119. The van der Waals surface area contributed by atoms with Crippen LogP contribution in [-0.2, 0) is 24.2 Å². The number of hydrogen-bond acceptors (Lipinski definition) is 7. The number of pyridine rings is 1. The van der Waals surface area contributed by atoms with Gasteiger partial charge in [0, 0.05) is 49.4 Å². The predicted octanol–water partition coefficient (Wildman–Crippen LogP) is 3.90. The zero-order valence-corrected chi connectivity index (χ0v) is 19.9. The molecular formula is C26H27N5O2S. The standard InChI is InChI=1S/C26H27N5O2S/c1-33-23-12-7-10-21(16-23)17-24-29-26(34-30-24)31(18-20-8-3-2-4-9-20)19-25(32)28-15-13-22-11-5-6-14-27-22/h2-12,14,16H,13,15,17-19H2,1H3,(H,28,32). The van der Waals surface area contributed by atoms with Crippen molar-refractivity contribution in [3.63, 3.8) is 0 Å². The number of amides is 1. The van der Waals surface area contributed by atoms with Gasteiger partial charge in [0.05, 0.1) is 13.7 Å². The van der Waals surface area contributed by atoms with E-state index in [1.165, 1.54) is 11.5 Å². The van der Waals surface area contributed by atoms with E-state index in [-0.39, 0.29) is 12.5 Å². The van der Waals surface area contributed by atoms with Crippen LogP contribution in [0.15, 0.2) is 79.0 Å². The van der Waals surface area contributed by atoms with Crippen molar-refractivity contribution < 1.29 is 9.53 Å². The summed E-state index contributed by atoms with van der Waals surface area (Å²) in [5.74, 6) is 1.47. The van der Waals surface area contributed by atoms with Crippen LogP contribution in [0.3, 0.4) is 0 Å². The van der Waals surface area contributed by atoms with Crippen molar-refractivity contribution in [2.75, 3.05) is 25.1 Å². The summed E-state index contributed by atoms with van der Waals surface area (Å²) < 4.78 is 9.86. The fourth-order valence-electron chi connectivity index (χ4n) is 3.51. The maximum absolute atomic E-state index is 12.7. The van der Waals surface area contributed by atoms with E-state index in [9.17, 15) is 4.79 Å². The molecule has 0 atom stereocenters. The van der Waals surface area contributed by atoms with Crippen molar-refractivity contribution in [3.05, 3.63) is 102 Å². The predicted molar refractivity (Wildman–Crippen MR) is 134 cm³/mol. The minimum absolute atomic E-state index is 0.0589. The van der Waals surface area contributed by atoms with Crippen molar-refractivity contribution in [3.8, 4) is 5.75 Å². The highest BCUT2D eigenvalue weighted by Gasteiger charge is 2.17. The van der Waals surface area contributed by atoms with Gasteiger partial charge in [-0.15, -0.1) is 0 Å². The number of anilines is 1. The maximum Gasteiger partial charge on any atom is 0.239 e. The molecular weight excluding hydrogens is 446 g/mol. The molecule has 0 radical (unpaired) electrons. The molecule has 1 amide bonds. The summed E-state index contributed by atoms with van der Waals surface area (Å²) in [6.45, 7) is 1.30. The highest BCUT2D eigenvalue weighted by Crippen LogP contribution is 2.22. The van der Waals surface area contributed by atoms with Crippen LogP contribution in [0, 0.1) is 0 Å². The monoisotopic (exact) mass is 473 g/mol. The van der Waals surface area contributed by atoms with Gasteiger partial charge in [0.1, 0.15) is 11.6 Å². The van der Waals surface area contributed by atoms with Crippen LogP contribution in [0.25, 0.3) is 0 Å². The SMILES string of the molecule is COc1cccc(Cc2nsc(N(CC(=O)NCCc3ccccn3)Cc3ccccc3)n2)c1. The zero-order chi connectivity index (χ0) is 23.6. The number of nitrogens with one attached hydrogen (secondary N) is 1. The van der Waals surface area contributed by atoms with Crippen LogP contribution in [0.5, 0.6) is 5.75 Å². The molecule has 0 aliphatic carbocycles. The third-order valence-corrected chi connectivity index (χ3v) is 6.02. The molecule has 0 aliphatic heterocycles.